The third-order valence-electron chi connectivity index (χ3n) is 0. The van der Waals surface area contributed by atoms with E-state index in [1.165, 1.54) is 4.55 Å². The Morgan fingerprint density at radius 1 is 1.75 bits per heavy atom. The molecule has 0 aliphatic rings. The standard InChI is InChI=1S/C2H5.Mg.H2O/c1-2;;/h1H2,2H3;;1H2/q;+2;. The molecule has 0 aromatic carbocycles. The van der Waals surface area contributed by atoms with Gasteiger partial charge < -0.3 is 5.48 Å². The zero-order valence-electron chi connectivity index (χ0n) is 2.91. The van der Waals surface area contributed by atoms with Crippen molar-refractivity contribution in [2.75, 3.05) is 0 Å². The van der Waals surface area contributed by atoms with Crippen LogP contribution in [0.25, 0.3) is 0 Å². The molecule has 0 aromatic rings. The normalized spacial score (nSPS) is 4.50. The van der Waals surface area contributed by atoms with Gasteiger partial charge in [0, 0.05) is 6.92 Å². The van der Waals surface area contributed by atoms with Crippen LogP contribution in [-0.4, -0.2) is 27.2 Å². The lowest BCUT2D eigenvalue weighted by molar-refractivity contribution is 0.824. The molecular weight excluding hydrogens is 64.3 g/mol. The summed E-state index contributed by atoms with van der Waals surface area (Å²) >= 11 is 1.97. The van der Waals surface area contributed by atoms with Crippen LogP contribution in [-0.2, 0) is 0 Å². The number of hydrogen-bond acceptors (Lipinski definition) is 0. The van der Waals surface area contributed by atoms with Gasteiger partial charge in [-0.15, -0.1) is 0 Å². The minimum absolute atomic E-state index is 0. The molecule has 0 heterocycles. The van der Waals surface area contributed by atoms with Gasteiger partial charge in [0.2, 0.25) is 0 Å². The molecular formula is C2H7MgO+2. The summed E-state index contributed by atoms with van der Waals surface area (Å²) in [5.41, 5.74) is 0. The zero-order chi connectivity index (χ0) is 2.71. The Kier molecular flexibility index (Phi) is 20.5. The molecule has 0 aliphatic heterocycles. The molecule has 0 amide bonds. The summed E-state index contributed by atoms with van der Waals surface area (Å²) in [6.45, 7) is 2.14. The van der Waals surface area contributed by atoms with Crippen LogP contribution in [0.5, 0.6) is 0 Å². The van der Waals surface area contributed by atoms with E-state index in [4.69, 9.17) is 0 Å². The van der Waals surface area contributed by atoms with E-state index in [0.29, 0.717) is 0 Å². The Bertz CT molecular complexity index is 6.00. The maximum absolute atomic E-state index is 2.14. The van der Waals surface area contributed by atoms with Crippen LogP contribution in [0.2, 0.25) is 4.55 Å². The van der Waals surface area contributed by atoms with Crippen molar-refractivity contribution in [1.29, 1.82) is 0 Å². The lowest BCUT2D eigenvalue weighted by Crippen LogP contribution is -1.41. The number of hydrogen-bond donors (Lipinski definition) is 0. The molecule has 0 unspecified atom stereocenters. The van der Waals surface area contributed by atoms with Gasteiger partial charge >= 0.3 is 21.7 Å². The summed E-state index contributed by atoms with van der Waals surface area (Å²) in [4.78, 5) is 0. The fraction of sp³-hybridized carbons (Fsp3) is 1.00. The molecule has 0 saturated heterocycles. The van der Waals surface area contributed by atoms with Gasteiger partial charge in [0.05, 0.1) is 0 Å². The molecule has 1 nitrogen and oxygen atoms in total. The van der Waals surface area contributed by atoms with E-state index >= 15 is 0 Å². The van der Waals surface area contributed by atoms with Crippen molar-refractivity contribution >= 4 is 21.7 Å². The minimum Gasteiger partial charge on any atom is -0.412 e. The highest BCUT2D eigenvalue weighted by atomic mass is 24.4. The summed E-state index contributed by atoms with van der Waals surface area (Å²) in [6.07, 6.45) is 0. The lowest BCUT2D eigenvalue weighted by Gasteiger charge is -1.07. The first kappa shape index (κ1) is 8.83. The Morgan fingerprint density at radius 3 is 1.75 bits per heavy atom. The van der Waals surface area contributed by atoms with E-state index in [-0.39, 0.29) is 5.48 Å². The third-order valence-corrected chi connectivity index (χ3v) is 0. The van der Waals surface area contributed by atoms with Crippen LogP contribution in [0.1, 0.15) is 6.92 Å². The molecule has 0 aliphatic carbocycles. The highest BCUT2D eigenvalue weighted by Gasteiger charge is 2.13. The van der Waals surface area contributed by atoms with E-state index in [0.717, 1.165) is 0 Å². The largest absolute Gasteiger partial charge is 1.41 e. The van der Waals surface area contributed by atoms with Crippen LogP contribution in [0.15, 0.2) is 0 Å². The molecule has 2 heteroatoms. The molecule has 7 radical (unpaired) electrons. The molecule has 0 rings (SSSR count). The average Bonchev–Trinajstić information content (AvgIpc) is 0.918. The van der Waals surface area contributed by atoms with Crippen molar-refractivity contribution in [3.8, 4) is 0 Å². The third kappa shape index (κ3) is 15.4. The fourth-order valence-electron chi connectivity index (χ4n) is 0. The van der Waals surface area contributed by atoms with E-state index in [1.807, 2.05) is 21.7 Å². The summed E-state index contributed by atoms with van der Waals surface area (Å²) in [5.74, 6) is 0. The van der Waals surface area contributed by atoms with Crippen LogP contribution in [0.3, 0.4) is 0 Å². The van der Waals surface area contributed by atoms with Gasteiger partial charge in [-0.3, -0.25) is 0 Å². The van der Waals surface area contributed by atoms with Crippen molar-refractivity contribution in [3.63, 3.8) is 0 Å². The van der Waals surface area contributed by atoms with Gasteiger partial charge in [0.15, 0.2) is 0 Å². The van der Waals surface area contributed by atoms with E-state index in [1.54, 1.807) is 0 Å². The van der Waals surface area contributed by atoms with E-state index in [9.17, 15) is 0 Å². The second-order valence-corrected chi connectivity index (χ2v) is 1.50. The summed E-state index contributed by atoms with van der Waals surface area (Å²) < 4.78 is 1.28. The SMILES string of the molecule is C[CH2][Mg+2].O. The Morgan fingerprint density at radius 2 is 1.75 bits per heavy atom. The van der Waals surface area contributed by atoms with Crippen LogP contribution in [0, 0.1) is 0 Å². The molecule has 0 spiro atoms. The van der Waals surface area contributed by atoms with Gasteiger partial charge in [-0.1, -0.05) is 0 Å². The molecule has 0 fully saturated rings. The summed E-state index contributed by atoms with van der Waals surface area (Å²) in [5, 5.41) is 0. The number of rotatable bonds is 0. The molecule has 21 valence electrons. The van der Waals surface area contributed by atoms with Gasteiger partial charge in [-0.05, 0) is 0 Å². The minimum atomic E-state index is 0. The Balaban J connectivity index is 0. The Hall–Kier alpha value is 0.726. The monoisotopic (exact) mass is 71.0 g/mol. The maximum atomic E-state index is 2.14. The van der Waals surface area contributed by atoms with Gasteiger partial charge in [-0.2, -0.15) is 0 Å². The highest BCUT2D eigenvalue weighted by molar-refractivity contribution is 6.08. The predicted octanol–water partition coefficient (Wildman–Crippen LogP) is -0.232. The second-order valence-electron chi connectivity index (χ2n) is 0.500. The van der Waals surface area contributed by atoms with Gasteiger partial charge in [0.1, 0.15) is 0 Å². The molecule has 4 heavy (non-hydrogen) atoms. The van der Waals surface area contributed by atoms with Crippen molar-refractivity contribution in [2.45, 2.75) is 11.5 Å². The molecule has 0 saturated carbocycles. The second kappa shape index (κ2) is 9.29. The highest BCUT2D eigenvalue weighted by Crippen LogP contribution is 1.49. The topological polar surface area (TPSA) is 31.5 Å². The van der Waals surface area contributed by atoms with Crippen molar-refractivity contribution in [1.82, 2.24) is 0 Å². The van der Waals surface area contributed by atoms with Crippen molar-refractivity contribution < 1.29 is 5.48 Å². The fourth-order valence-corrected chi connectivity index (χ4v) is 0. The van der Waals surface area contributed by atoms with Crippen LogP contribution in [0.4, 0.5) is 0 Å². The lowest BCUT2D eigenvalue weighted by atomic mass is 11.0. The first-order valence-corrected chi connectivity index (χ1v) is 2.21. The van der Waals surface area contributed by atoms with E-state index < -0.39 is 0 Å². The maximum Gasteiger partial charge on any atom is 1.41 e. The van der Waals surface area contributed by atoms with Crippen LogP contribution >= 0.6 is 0 Å². The summed E-state index contributed by atoms with van der Waals surface area (Å²) in [7, 11) is 0. The van der Waals surface area contributed by atoms with Gasteiger partial charge in [0.25, 0.3) is 4.55 Å². The zero-order valence-corrected chi connectivity index (χ0v) is 4.33. The first-order chi connectivity index (χ1) is 1.41. The average molecular weight is 71.4 g/mol. The smallest absolute Gasteiger partial charge is 0.412 e. The predicted molar refractivity (Wildman–Crippen MR) is 19.8 cm³/mol. The van der Waals surface area contributed by atoms with Crippen molar-refractivity contribution in [3.05, 3.63) is 0 Å². The van der Waals surface area contributed by atoms with Crippen LogP contribution < -0.4 is 0 Å². The molecule has 0 bridgehead atoms. The first-order valence-electron chi connectivity index (χ1n) is 1.21. The molecule has 2 N–H and O–H groups in total. The molecule has 0 aromatic heterocycles. The summed E-state index contributed by atoms with van der Waals surface area (Å²) in [6, 6.07) is 0. The van der Waals surface area contributed by atoms with Crippen molar-refractivity contribution in [2.24, 2.45) is 0 Å². The Labute approximate surface area is 39.1 Å². The molecule has 0 atom stereocenters. The quantitative estimate of drug-likeness (QED) is 0.353. The van der Waals surface area contributed by atoms with Gasteiger partial charge in [-0.25, -0.2) is 0 Å². The van der Waals surface area contributed by atoms with E-state index in [2.05, 4.69) is 6.92 Å².